The van der Waals surface area contributed by atoms with Crippen molar-refractivity contribution in [2.45, 2.75) is 32.7 Å². The minimum Gasteiger partial charge on any atom is -0.354 e. The van der Waals surface area contributed by atoms with Crippen LogP contribution < -0.4 is 16.1 Å². The van der Waals surface area contributed by atoms with Gasteiger partial charge in [-0.15, -0.1) is 0 Å². The normalized spacial score (nSPS) is 11.6. The van der Waals surface area contributed by atoms with Crippen LogP contribution in [-0.2, 0) is 4.79 Å². The SMILES string of the molecule is CCCCNC(=O)C(C)NC(=O)NO. The van der Waals surface area contributed by atoms with Crippen LogP contribution in [0.15, 0.2) is 0 Å². The van der Waals surface area contributed by atoms with Crippen molar-refractivity contribution >= 4 is 11.9 Å². The van der Waals surface area contributed by atoms with Crippen molar-refractivity contribution < 1.29 is 14.8 Å². The molecule has 0 saturated heterocycles. The van der Waals surface area contributed by atoms with Gasteiger partial charge in [-0.2, -0.15) is 0 Å². The number of nitrogens with one attached hydrogen (secondary N) is 3. The van der Waals surface area contributed by atoms with Gasteiger partial charge < -0.3 is 10.6 Å². The van der Waals surface area contributed by atoms with E-state index in [1.165, 1.54) is 12.4 Å². The van der Waals surface area contributed by atoms with E-state index >= 15 is 0 Å². The van der Waals surface area contributed by atoms with E-state index < -0.39 is 12.1 Å². The van der Waals surface area contributed by atoms with E-state index in [4.69, 9.17) is 5.21 Å². The van der Waals surface area contributed by atoms with Crippen molar-refractivity contribution in [3.05, 3.63) is 0 Å². The molecule has 0 bridgehead atoms. The largest absolute Gasteiger partial charge is 0.354 e. The Morgan fingerprint density at radius 1 is 1.43 bits per heavy atom. The molecule has 0 spiro atoms. The van der Waals surface area contributed by atoms with Gasteiger partial charge in [0.25, 0.3) is 0 Å². The Bertz CT molecular complexity index is 196. The Balaban J connectivity index is 3.70. The maximum atomic E-state index is 11.2. The van der Waals surface area contributed by atoms with E-state index in [2.05, 4.69) is 10.6 Å². The molecule has 0 saturated carbocycles. The Morgan fingerprint density at radius 2 is 2.07 bits per heavy atom. The summed E-state index contributed by atoms with van der Waals surface area (Å²) in [7, 11) is 0. The lowest BCUT2D eigenvalue weighted by Gasteiger charge is -2.12. The summed E-state index contributed by atoms with van der Waals surface area (Å²) in [5, 5.41) is 13.1. The van der Waals surface area contributed by atoms with E-state index in [0.717, 1.165) is 12.8 Å². The molecule has 1 unspecified atom stereocenters. The standard InChI is InChI=1S/C8H17N3O3/c1-3-4-5-9-7(12)6(2)10-8(13)11-14/h6,14H,3-5H2,1-2H3,(H,9,12)(H2,10,11,13). The fourth-order valence-corrected chi connectivity index (χ4v) is 0.836. The van der Waals surface area contributed by atoms with E-state index in [1.807, 2.05) is 6.92 Å². The van der Waals surface area contributed by atoms with Gasteiger partial charge >= 0.3 is 6.03 Å². The molecule has 0 aromatic heterocycles. The van der Waals surface area contributed by atoms with Crippen LogP contribution in [-0.4, -0.2) is 29.7 Å². The fraction of sp³-hybridized carbons (Fsp3) is 0.750. The van der Waals surface area contributed by atoms with Gasteiger partial charge in [0.2, 0.25) is 5.91 Å². The Labute approximate surface area is 83.0 Å². The zero-order valence-electron chi connectivity index (χ0n) is 8.46. The predicted molar refractivity (Wildman–Crippen MR) is 50.8 cm³/mol. The monoisotopic (exact) mass is 203 g/mol. The van der Waals surface area contributed by atoms with Crippen LogP contribution >= 0.6 is 0 Å². The highest BCUT2D eigenvalue weighted by Gasteiger charge is 2.13. The molecule has 14 heavy (non-hydrogen) atoms. The minimum atomic E-state index is -0.789. The molecular formula is C8H17N3O3. The topological polar surface area (TPSA) is 90.5 Å². The van der Waals surface area contributed by atoms with E-state index in [-0.39, 0.29) is 5.91 Å². The zero-order valence-corrected chi connectivity index (χ0v) is 8.46. The first-order valence-corrected chi connectivity index (χ1v) is 4.60. The van der Waals surface area contributed by atoms with Crippen LogP contribution in [0.4, 0.5) is 4.79 Å². The summed E-state index contributed by atoms with van der Waals surface area (Å²) < 4.78 is 0. The Hall–Kier alpha value is -1.30. The van der Waals surface area contributed by atoms with Gasteiger partial charge in [0.05, 0.1) is 0 Å². The number of hydrogen-bond acceptors (Lipinski definition) is 3. The van der Waals surface area contributed by atoms with Gasteiger partial charge in [0.15, 0.2) is 0 Å². The third kappa shape index (κ3) is 5.36. The molecule has 0 radical (unpaired) electrons. The minimum absolute atomic E-state index is 0.262. The highest BCUT2D eigenvalue weighted by Crippen LogP contribution is 1.85. The summed E-state index contributed by atoms with van der Waals surface area (Å²) in [5.74, 6) is -0.262. The molecule has 3 amide bonds. The molecule has 1 atom stereocenters. The molecule has 0 rings (SSSR count). The van der Waals surface area contributed by atoms with E-state index in [9.17, 15) is 9.59 Å². The van der Waals surface area contributed by atoms with Gasteiger partial charge in [-0.05, 0) is 13.3 Å². The molecule has 6 nitrogen and oxygen atoms in total. The molecule has 0 aromatic rings. The molecular weight excluding hydrogens is 186 g/mol. The molecule has 6 heteroatoms. The van der Waals surface area contributed by atoms with Crippen molar-refractivity contribution in [3.8, 4) is 0 Å². The van der Waals surface area contributed by atoms with Gasteiger partial charge in [0, 0.05) is 6.54 Å². The summed E-state index contributed by atoms with van der Waals surface area (Å²) in [6, 6.07) is -1.44. The van der Waals surface area contributed by atoms with Gasteiger partial charge in [-0.3, -0.25) is 10.0 Å². The molecule has 0 fully saturated rings. The number of rotatable bonds is 5. The van der Waals surface area contributed by atoms with Crippen LogP contribution in [0, 0.1) is 0 Å². The molecule has 0 aliphatic carbocycles. The second-order valence-corrected chi connectivity index (χ2v) is 2.95. The van der Waals surface area contributed by atoms with Crippen molar-refractivity contribution in [2.75, 3.05) is 6.54 Å². The summed E-state index contributed by atoms with van der Waals surface area (Å²) in [6.45, 7) is 4.16. The lowest BCUT2D eigenvalue weighted by atomic mass is 10.3. The van der Waals surface area contributed by atoms with E-state index in [0.29, 0.717) is 6.54 Å². The third-order valence-electron chi connectivity index (χ3n) is 1.67. The van der Waals surface area contributed by atoms with Crippen molar-refractivity contribution in [2.24, 2.45) is 0 Å². The second kappa shape index (κ2) is 7.14. The van der Waals surface area contributed by atoms with Crippen LogP contribution in [0.2, 0.25) is 0 Å². The summed E-state index contributed by atoms with van der Waals surface area (Å²) in [6.07, 6.45) is 1.91. The number of hydroxylamine groups is 1. The van der Waals surface area contributed by atoms with Gasteiger partial charge in [0.1, 0.15) is 6.04 Å². The Kier molecular flexibility index (Phi) is 6.47. The lowest BCUT2D eigenvalue weighted by molar-refractivity contribution is -0.122. The molecule has 4 N–H and O–H groups in total. The van der Waals surface area contributed by atoms with Crippen LogP contribution in [0.5, 0.6) is 0 Å². The van der Waals surface area contributed by atoms with Crippen LogP contribution in [0.3, 0.4) is 0 Å². The third-order valence-corrected chi connectivity index (χ3v) is 1.67. The molecule has 0 heterocycles. The number of amides is 3. The number of carbonyl (C=O) groups excluding carboxylic acids is 2. The van der Waals surface area contributed by atoms with Gasteiger partial charge in [-0.25, -0.2) is 10.3 Å². The lowest BCUT2D eigenvalue weighted by Crippen LogP contribution is -2.47. The van der Waals surface area contributed by atoms with Crippen LogP contribution in [0.1, 0.15) is 26.7 Å². The first kappa shape index (κ1) is 12.7. The number of hydrogen-bond donors (Lipinski definition) is 4. The average Bonchev–Trinajstić information content (AvgIpc) is 2.17. The first-order chi connectivity index (χ1) is 6.61. The maximum Gasteiger partial charge on any atom is 0.339 e. The molecule has 0 aliphatic heterocycles. The predicted octanol–water partition coefficient (Wildman–Crippen LogP) is -0.0204. The fourth-order valence-electron chi connectivity index (χ4n) is 0.836. The highest BCUT2D eigenvalue weighted by molar-refractivity contribution is 5.86. The maximum absolute atomic E-state index is 11.2. The smallest absolute Gasteiger partial charge is 0.339 e. The molecule has 0 aromatic carbocycles. The van der Waals surface area contributed by atoms with Crippen molar-refractivity contribution in [1.82, 2.24) is 16.1 Å². The highest BCUT2D eigenvalue weighted by atomic mass is 16.5. The summed E-state index contributed by atoms with van der Waals surface area (Å²) >= 11 is 0. The number of carbonyl (C=O) groups is 2. The Morgan fingerprint density at radius 3 is 2.57 bits per heavy atom. The second-order valence-electron chi connectivity index (χ2n) is 2.95. The summed E-state index contributed by atoms with van der Waals surface area (Å²) in [4.78, 5) is 21.8. The summed E-state index contributed by atoms with van der Waals surface area (Å²) in [5.41, 5.74) is 1.39. The first-order valence-electron chi connectivity index (χ1n) is 4.60. The number of urea groups is 1. The van der Waals surface area contributed by atoms with Gasteiger partial charge in [-0.1, -0.05) is 13.3 Å². The molecule has 82 valence electrons. The average molecular weight is 203 g/mol. The van der Waals surface area contributed by atoms with Crippen molar-refractivity contribution in [1.29, 1.82) is 0 Å². The number of unbranched alkanes of at least 4 members (excludes halogenated alkanes) is 1. The van der Waals surface area contributed by atoms with Crippen molar-refractivity contribution in [3.63, 3.8) is 0 Å². The van der Waals surface area contributed by atoms with E-state index in [1.54, 1.807) is 0 Å². The quantitative estimate of drug-likeness (QED) is 0.287. The van der Waals surface area contributed by atoms with Crippen LogP contribution in [0.25, 0.3) is 0 Å². The zero-order chi connectivity index (χ0) is 11.0. The molecule has 0 aliphatic rings.